The maximum atomic E-state index is 2.65. The van der Waals surface area contributed by atoms with Crippen molar-refractivity contribution in [2.45, 2.75) is 6.04 Å². The van der Waals surface area contributed by atoms with Crippen LogP contribution in [0.4, 0.5) is 0 Å². The minimum absolute atomic E-state index is 0.890. The van der Waals surface area contributed by atoms with E-state index in [-0.39, 0.29) is 0 Å². The zero-order chi connectivity index (χ0) is 7.68. The average molecular weight is 172 g/mol. The van der Waals surface area contributed by atoms with Crippen LogP contribution in [0.1, 0.15) is 0 Å². The van der Waals surface area contributed by atoms with E-state index in [1.54, 1.807) is 0 Å². The predicted octanol–water partition coefficient (Wildman–Crippen LogP) is 0.349. The van der Waals surface area contributed by atoms with Crippen LogP contribution in [-0.4, -0.2) is 60.6 Å². The Kier molecular flexibility index (Phi) is 2.39. The van der Waals surface area contributed by atoms with Gasteiger partial charge in [-0.1, -0.05) is 0 Å². The maximum absolute atomic E-state index is 2.65. The normalized spacial score (nSPS) is 30.3. The van der Waals surface area contributed by atoms with E-state index in [1.165, 1.54) is 37.7 Å². The van der Waals surface area contributed by atoms with Gasteiger partial charge in [0.2, 0.25) is 0 Å². The van der Waals surface area contributed by atoms with Crippen molar-refractivity contribution < 1.29 is 0 Å². The molecule has 11 heavy (non-hydrogen) atoms. The molecule has 3 heteroatoms. The maximum Gasteiger partial charge on any atom is 0.0350 e. The van der Waals surface area contributed by atoms with Gasteiger partial charge in [0.15, 0.2) is 0 Å². The molecule has 2 rings (SSSR count). The molecule has 0 atom stereocenters. The first-order valence-corrected chi connectivity index (χ1v) is 5.52. The summed E-state index contributed by atoms with van der Waals surface area (Å²) in [6, 6.07) is 0.890. The van der Waals surface area contributed by atoms with Crippen molar-refractivity contribution in [1.29, 1.82) is 0 Å². The number of nitrogens with zero attached hydrogens (tertiary/aromatic N) is 2. The summed E-state index contributed by atoms with van der Waals surface area (Å²) in [6.07, 6.45) is 0. The molecule has 0 aliphatic carbocycles. The van der Waals surface area contributed by atoms with Crippen molar-refractivity contribution in [3.63, 3.8) is 0 Å². The number of rotatable bonds is 1. The van der Waals surface area contributed by atoms with Crippen LogP contribution in [0.15, 0.2) is 0 Å². The van der Waals surface area contributed by atoms with Crippen LogP contribution in [0, 0.1) is 0 Å². The molecule has 0 unspecified atom stereocenters. The van der Waals surface area contributed by atoms with Crippen LogP contribution in [0.25, 0.3) is 0 Å². The molecular weight excluding hydrogens is 156 g/mol. The van der Waals surface area contributed by atoms with E-state index in [1.807, 2.05) is 0 Å². The van der Waals surface area contributed by atoms with E-state index in [0.29, 0.717) is 0 Å². The molecule has 2 fully saturated rings. The van der Waals surface area contributed by atoms with Crippen molar-refractivity contribution in [2.24, 2.45) is 0 Å². The summed E-state index contributed by atoms with van der Waals surface area (Å²) in [5.74, 6) is 2.69. The summed E-state index contributed by atoms with van der Waals surface area (Å²) in [5, 5.41) is 0. The molecule has 2 saturated heterocycles. The molecule has 0 saturated carbocycles. The molecule has 0 spiro atoms. The van der Waals surface area contributed by atoms with Gasteiger partial charge in [-0.2, -0.15) is 11.8 Å². The highest BCUT2D eigenvalue weighted by Gasteiger charge is 2.29. The Morgan fingerprint density at radius 1 is 1.18 bits per heavy atom. The van der Waals surface area contributed by atoms with Crippen LogP contribution in [0.5, 0.6) is 0 Å². The quantitative estimate of drug-likeness (QED) is 0.563. The van der Waals surface area contributed by atoms with Crippen molar-refractivity contribution in [3.8, 4) is 0 Å². The van der Waals surface area contributed by atoms with E-state index in [4.69, 9.17) is 0 Å². The summed E-state index contributed by atoms with van der Waals surface area (Å²) >= 11 is 2.10. The fourth-order valence-electron chi connectivity index (χ4n) is 1.84. The Labute approximate surface area is 72.9 Å². The number of likely N-dealkylation sites (tertiary alicyclic amines) is 1. The molecule has 0 radical (unpaired) electrons. The Balaban J connectivity index is 1.76. The SMILES string of the molecule is CN1CC(N2CCSCC2)C1. The Hall–Kier alpha value is 0.270. The van der Waals surface area contributed by atoms with E-state index in [9.17, 15) is 0 Å². The third kappa shape index (κ3) is 1.71. The first-order valence-electron chi connectivity index (χ1n) is 4.36. The Bertz CT molecular complexity index is 128. The van der Waals surface area contributed by atoms with E-state index >= 15 is 0 Å². The molecule has 0 amide bonds. The van der Waals surface area contributed by atoms with Crippen molar-refractivity contribution in [3.05, 3.63) is 0 Å². The first kappa shape index (κ1) is 7.90. The molecule has 2 nitrogen and oxygen atoms in total. The molecule has 0 bridgehead atoms. The van der Waals surface area contributed by atoms with Gasteiger partial charge < -0.3 is 4.90 Å². The molecular formula is C8H16N2S. The van der Waals surface area contributed by atoms with Crippen molar-refractivity contribution in [1.82, 2.24) is 9.80 Å². The van der Waals surface area contributed by atoms with Gasteiger partial charge in [-0.3, -0.25) is 4.90 Å². The third-order valence-corrected chi connectivity index (χ3v) is 3.55. The minimum Gasteiger partial charge on any atom is -0.303 e. The van der Waals surface area contributed by atoms with Crippen LogP contribution in [0.3, 0.4) is 0 Å². The molecule has 2 aliphatic heterocycles. The minimum atomic E-state index is 0.890. The number of hydrogen-bond acceptors (Lipinski definition) is 3. The smallest absolute Gasteiger partial charge is 0.0350 e. The van der Waals surface area contributed by atoms with Crippen LogP contribution >= 0.6 is 11.8 Å². The van der Waals surface area contributed by atoms with Crippen molar-refractivity contribution in [2.75, 3.05) is 44.7 Å². The summed E-state index contributed by atoms with van der Waals surface area (Å²) in [7, 11) is 2.20. The fourth-order valence-corrected chi connectivity index (χ4v) is 2.77. The molecule has 0 N–H and O–H groups in total. The second kappa shape index (κ2) is 3.33. The number of hydrogen-bond donors (Lipinski definition) is 0. The van der Waals surface area contributed by atoms with Gasteiger partial charge in [-0.15, -0.1) is 0 Å². The average Bonchev–Trinajstić information content (AvgIpc) is 2.01. The van der Waals surface area contributed by atoms with E-state index in [2.05, 4.69) is 28.6 Å². The fraction of sp³-hybridized carbons (Fsp3) is 1.00. The topological polar surface area (TPSA) is 6.48 Å². The van der Waals surface area contributed by atoms with Gasteiger partial charge in [-0.25, -0.2) is 0 Å². The summed E-state index contributed by atoms with van der Waals surface area (Å²) in [6.45, 7) is 5.24. The second-order valence-corrected chi connectivity index (χ2v) is 4.75. The highest BCUT2D eigenvalue weighted by Crippen LogP contribution is 2.17. The summed E-state index contributed by atoms with van der Waals surface area (Å²) in [5.41, 5.74) is 0. The standard InChI is InChI=1S/C8H16N2S/c1-9-6-8(7-9)10-2-4-11-5-3-10/h8H,2-7H2,1H3. The highest BCUT2D eigenvalue weighted by molar-refractivity contribution is 7.99. The van der Waals surface area contributed by atoms with Gasteiger partial charge in [-0.05, 0) is 7.05 Å². The first-order chi connectivity index (χ1) is 5.36. The second-order valence-electron chi connectivity index (χ2n) is 3.52. The van der Waals surface area contributed by atoms with Crippen LogP contribution < -0.4 is 0 Å². The highest BCUT2D eigenvalue weighted by atomic mass is 32.2. The molecule has 64 valence electrons. The van der Waals surface area contributed by atoms with Gasteiger partial charge in [0.1, 0.15) is 0 Å². The zero-order valence-electron chi connectivity index (χ0n) is 7.12. The van der Waals surface area contributed by atoms with E-state index in [0.717, 1.165) is 6.04 Å². The molecule has 2 heterocycles. The lowest BCUT2D eigenvalue weighted by Gasteiger charge is -2.45. The monoisotopic (exact) mass is 172 g/mol. The van der Waals surface area contributed by atoms with Gasteiger partial charge in [0.25, 0.3) is 0 Å². The lowest BCUT2D eigenvalue weighted by atomic mass is 10.1. The number of thioether (sulfide) groups is 1. The van der Waals surface area contributed by atoms with Crippen molar-refractivity contribution >= 4 is 11.8 Å². The molecule has 0 aromatic rings. The van der Waals surface area contributed by atoms with Crippen LogP contribution in [0.2, 0.25) is 0 Å². The molecule has 0 aromatic carbocycles. The molecule has 0 aromatic heterocycles. The Morgan fingerprint density at radius 3 is 2.36 bits per heavy atom. The lowest BCUT2D eigenvalue weighted by molar-refractivity contribution is 0.0596. The summed E-state index contributed by atoms with van der Waals surface area (Å²) in [4.78, 5) is 5.04. The van der Waals surface area contributed by atoms with E-state index < -0.39 is 0 Å². The zero-order valence-corrected chi connectivity index (χ0v) is 7.94. The Morgan fingerprint density at radius 2 is 1.82 bits per heavy atom. The summed E-state index contributed by atoms with van der Waals surface area (Å²) < 4.78 is 0. The molecule has 2 aliphatic rings. The predicted molar refractivity (Wildman–Crippen MR) is 50.2 cm³/mol. The largest absolute Gasteiger partial charge is 0.303 e. The van der Waals surface area contributed by atoms with Gasteiger partial charge in [0, 0.05) is 43.7 Å². The number of likely N-dealkylation sites (N-methyl/N-ethyl adjacent to an activating group) is 1. The van der Waals surface area contributed by atoms with Crippen LogP contribution in [-0.2, 0) is 0 Å². The van der Waals surface area contributed by atoms with Gasteiger partial charge >= 0.3 is 0 Å². The van der Waals surface area contributed by atoms with Gasteiger partial charge in [0.05, 0.1) is 0 Å². The third-order valence-electron chi connectivity index (χ3n) is 2.61. The lowest BCUT2D eigenvalue weighted by Crippen LogP contribution is -2.59.